The molecule has 1 radical (unpaired) electrons. The van der Waals surface area contributed by atoms with Crippen molar-refractivity contribution in [1.82, 2.24) is 4.31 Å². The van der Waals surface area contributed by atoms with Crippen molar-refractivity contribution in [2.75, 3.05) is 7.05 Å². The molecule has 0 unspecified atom stereocenters. The average molecular weight is 323 g/mol. The summed E-state index contributed by atoms with van der Waals surface area (Å²) in [4.78, 5) is 10.9. The third kappa shape index (κ3) is 3.69. The molecule has 0 aliphatic heterocycles. The fraction of sp³-hybridized carbons (Fsp3) is 0.417. The van der Waals surface area contributed by atoms with Crippen LogP contribution in [0.2, 0.25) is 10.0 Å². The molecule has 105 valence electrons. The fourth-order valence-electron chi connectivity index (χ4n) is 1.62. The van der Waals surface area contributed by atoms with Gasteiger partial charge in [-0.15, -0.1) is 0 Å². The summed E-state index contributed by atoms with van der Waals surface area (Å²) in [5.41, 5.74) is 0. The van der Waals surface area contributed by atoms with E-state index in [4.69, 9.17) is 23.2 Å². The Morgan fingerprint density at radius 2 is 1.63 bits per heavy atom. The Hall–Kier alpha value is -0.620. The molecule has 0 N–H and O–H groups in total. The highest BCUT2D eigenvalue weighted by Gasteiger charge is 2.30. The zero-order chi connectivity index (χ0) is 14.8. The maximum absolute atomic E-state index is 12.4. The Bertz CT molecular complexity index is 552. The van der Waals surface area contributed by atoms with Crippen LogP contribution in [0.3, 0.4) is 0 Å². The van der Waals surface area contributed by atoms with E-state index in [9.17, 15) is 13.2 Å². The number of hydrogen-bond donors (Lipinski definition) is 0. The standard InChI is InChI=1S/C12H14Cl2NO3S/c1-8(2)12(7-16)15(3)19(17,18)11-5-9(13)4-10(14)6-11/h4-6,8,12H,1-3H3/t12-/m1/s1. The monoisotopic (exact) mass is 322 g/mol. The van der Waals surface area contributed by atoms with Gasteiger partial charge in [-0.25, -0.2) is 8.42 Å². The van der Waals surface area contributed by atoms with E-state index in [1.54, 1.807) is 20.1 Å². The maximum Gasteiger partial charge on any atom is 0.243 e. The first-order valence-electron chi connectivity index (χ1n) is 5.52. The summed E-state index contributed by atoms with van der Waals surface area (Å²) in [5, 5.41) is 0.436. The minimum absolute atomic E-state index is 0.0478. The number of hydrogen-bond acceptors (Lipinski definition) is 3. The Labute approximate surface area is 123 Å². The molecule has 0 aliphatic carbocycles. The second-order valence-electron chi connectivity index (χ2n) is 4.43. The van der Waals surface area contributed by atoms with Crippen LogP contribution in [0.25, 0.3) is 0 Å². The summed E-state index contributed by atoms with van der Waals surface area (Å²) >= 11 is 11.6. The molecular formula is C12H14Cl2NO3S. The number of rotatable bonds is 5. The van der Waals surface area contributed by atoms with E-state index in [1.165, 1.54) is 25.2 Å². The van der Waals surface area contributed by atoms with Crippen LogP contribution in [0.4, 0.5) is 0 Å². The van der Waals surface area contributed by atoms with E-state index in [2.05, 4.69) is 0 Å². The number of benzene rings is 1. The summed E-state index contributed by atoms with van der Waals surface area (Å²) in [7, 11) is -2.51. The molecule has 0 fully saturated rings. The lowest BCUT2D eigenvalue weighted by atomic mass is 10.1. The predicted octanol–water partition coefficient (Wildman–Crippen LogP) is 2.75. The molecule has 4 nitrogen and oxygen atoms in total. The maximum atomic E-state index is 12.4. The number of likely N-dealkylation sites (N-methyl/N-ethyl adjacent to an activating group) is 1. The van der Waals surface area contributed by atoms with E-state index in [0.717, 1.165) is 4.31 Å². The zero-order valence-electron chi connectivity index (χ0n) is 10.7. The van der Waals surface area contributed by atoms with Gasteiger partial charge in [-0.2, -0.15) is 4.31 Å². The minimum atomic E-state index is -3.84. The molecule has 0 amide bonds. The molecule has 1 rings (SSSR count). The van der Waals surface area contributed by atoms with Crippen LogP contribution >= 0.6 is 23.2 Å². The van der Waals surface area contributed by atoms with Crippen LogP contribution in [0, 0.1) is 5.92 Å². The van der Waals surface area contributed by atoms with Crippen LogP contribution in [0.15, 0.2) is 23.1 Å². The smallest absolute Gasteiger partial charge is 0.243 e. The number of carbonyl (C=O) groups excluding carboxylic acids is 1. The highest BCUT2D eigenvalue weighted by Crippen LogP contribution is 2.25. The molecule has 1 aromatic rings. The predicted molar refractivity (Wildman–Crippen MR) is 75.7 cm³/mol. The Balaban J connectivity index is 3.26. The van der Waals surface area contributed by atoms with Gasteiger partial charge in [-0.1, -0.05) is 37.0 Å². The summed E-state index contributed by atoms with van der Waals surface area (Å²) in [6.07, 6.45) is 1.74. The summed E-state index contributed by atoms with van der Waals surface area (Å²) in [6.45, 7) is 3.49. The second-order valence-corrected chi connectivity index (χ2v) is 7.30. The van der Waals surface area contributed by atoms with Crippen LogP contribution in [0.5, 0.6) is 0 Å². The van der Waals surface area contributed by atoms with Crippen molar-refractivity contribution in [2.45, 2.75) is 24.8 Å². The molecule has 19 heavy (non-hydrogen) atoms. The molecule has 0 heterocycles. The van der Waals surface area contributed by atoms with Gasteiger partial charge in [-0.05, 0) is 24.1 Å². The highest BCUT2D eigenvalue weighted by atomic mass is 35.5. The highest BCUT2D eigenvalue weighted by molar-refractivity contribution is 7.89. The molecule has 0 bridgehead atoms. The van der Waals surface area contributed by atoms with E-state index < -0.39 is 16.1 Å². The van der Waals surface area contributed by atoms with Crippen molar-refractivity contribution in [3.63, 3.8) is 0 Å². The second kappa shape index (κ2) is 6.22. The van der Waals surface area contributed by atoms with Gasteiger partial charge in [0.05, 0.1) is 10.9 Å². The first kappa shape index (κ1) is 16.4. The van der Waals surface area contributed by atoms with Gasteiger partial charge in [-0.3, -0.25) is 4.79 Å². The molecule has 0 spiro atoms. The van der Waals surface area contributed by atoms with Crippen LogP contribution in [-0.4, -0.2) is 32.1 Å². The lowest BCUT2D eigenvalue weighted by Gasteiger charge is -2.25. The quantitative estimate of drug-likeness (QED) is 0.837. The first-order chi connectivity index (χ1) is 8.70. The summed E-state index contributed by atoms with van der Waals surface area (Å²) in [5.74, 6) is -0.188. The van der Waals surface area contributed by atoms with Crippen molar-refractivity contribution < 1.29 is 13.2 Å². The normalized spacial score (nSPS) is 13.8. The van der Waals surface area contributed by atoms with E-state index in [0.29, 0.717) is 0 Å². The summed E-state index contributed by atoms with van der Waals surface area (Å²) < 4.78 is 25.7. The van der Waals surface area contributed by atoms with Crippen molar-refractivity contribution >= 4 is 39.5 Å². The van der Waals surface area contributed by atoms with Gasteiger partial charge in [0.2, 0.25) is 16.3 Å². The molecular weight excluding hydrogens is 309 g/mol. The lowest BCUT2D eigenvalue weighted by molar-refractivity contribution is 0.350. The van der Waals surface area contributed by atoms with Crippen molar-refractivity contribution in [2.24, 2.45) is 5.92 Å². The van der Waals surface area contributed by atoms with Gasteiger partial charge in [0.15, 0.2) is 0 Å². The molecule has 7 heteroatoms. The van der Waals surface area contributed by atoms with Crippen molar-refractivity contribution in [1.29, 1.82) is 0 Å². The van der Waals surface area contributed by atoms with Gasteiger partial charge < -0.3 is 0 Å². The minimum Gasteiger partial charge on any atom is -0.289 e. The molecule has 1 aromatic carbocycles. The van der Waals surface area contributed by atoms with Crippen LogP contribution < -0.4 is 0 Å². The lowest BCUT2D eigenvalue weighted by Crippen LogP contribution is -2.41. The summed E-state index contributed by atoms with van der Waals surface area (Å²) in [6, 6.07) is 3.17. The Morgan fingerprint density at radius 3 is 2.00 bits per heavy atom. The zero-order valence-corrected chi connectivity index (χ0v) is 13.1. The van der Waals surface area contributed by atoms with Crippen molar-refractivity contribution in [3.8, 4) is 0 Å². The van der Waals surface area contributed by atoms with E-state index in [1.807, 2.05) is 0 Å². The third-order valence-corrected chi connectivity index (χ3v) is 4.91. The topological polar surface area (TPSA) is 54.5 Å². The molecule has 1 atom stereocenters. The average Bonchev–Trinajstić information content (AvgIpc) is 2.27. The van der Waals surface area contributed by atoms with Crippen molar-refractivity contribution in [3.05, 3.63) is 28.2 Å². The largest absolute Gasteiger partial charge is 0.289 e. The number of nitrogens with zero attached hydrogens (tertiary/aromatic N) is 1. The molecule has 0 saturated carbocycles. The number of sulfonamides is 1. The first-order valence-corrected chi connectivity index (χ1v) is 7.71. The third-order valence-electron chi connectivity index (χ3n) is 2.66. The molecule has 0 aliphatic rings. The fourth-order valence-corrected chi connectivity index (χ4v) is 3.75. The van der Waals surface area contributed by atoms with Gasteiger partial charge in [0.1, 0.15) is 0 Å². The van der Waals surface area contributed by atoms with Gasteiger partial charge >= 0.3 is 0 Å². The molecule has 0 aromatic heterocycles. The SMILES string of the molecule is CC(C)[C@@H]([C]=O)N(C)S(=O)(=O)c1cc(Cl)cc(Cl)c1. The Morgan fingerprint density at radius 1 is 1.16 bits per heavy atom. The van der Waals surface area contributed by atoms with Crippen LogP contribution in [0.1, 0.15) is 13.8 Å². The number of halogens is 2. The molecule has 0 saturated heterocycles. The van der Waals surface area contributed by atoms with E-state index in [-0.39, 0.29) is 20.9 Å². The Kier molecular flexibility index (Phi) is 5.38. The van der Waals surface area contributed by atoms with E-state index >= 15 is 0 Å². The van der Waals surface area contributed by atoms with Gasteiger partial charge in [0.25, 0.3) is 0 Å². The van der Waals surface area contributed by atoms with Gasteiger partial charge in [0, 0.05) is 17.1 Å². The van der Waals surface area contributed by atoms with Crippen LogP contribution in [-0.2, 0) is 14.8 Å².